The van der Waals surface area contributed by atoms with Crippen molar-refractivity contribution in [2.75, 3.05) is 30.0 Å². The first-order chi connectivity index (χ1) is 12.9. The lowest BCUT2D eigenvalue weighted by atomic mass is 10.1. The third-order valence-electron chi connectivity index (χ3n) is 4.91. The fraction of sp³-hybridized carbons (Fsp3) is 0.250. The maximum Gasteiger partial charge on any atom is 0.180 e. The summed E-state index contributed by atoms with van der Waals surface area (Å²) in [7, 11) is -1.86. The van der Waals surface area contributed by atoms with Crippen LogP contribution in [0.3, 0.4) is 0 Å². The summed E-state index contributed by atoms with van der Waals surface area (Å²) in [4.78, 5) is 7.01. The summed E-state index contributed by atoms with van der Waals surface area (Å²) in [5.41, 5.74) is 9.55. The summed E-state index contributed by atoms with van der Waals surface area (Å²) in [5, 5.41) is 0.909. The van der Waals surface area contributed by atoms with Crippen molar-refractivity contribution < 1.29 is 13.2 Å². The first-order valence-corrected chi connectivity index (χ1v) is 10.3. The standard InChI is InChI=1S/C20H21N3O3S/c1-13-3-6-18-16(9-13)17(21)11-20(22-18)23-7-8-27(24,25)19-10-15(26-2)5-4-14(19)12-23/h3-6,9-11H,7-8,12H2,1-2H3,(H2,21,22). The second kappa shape index (κ2) is 6.42. The number of hydrogen-bond donors (Lipinski definition) is 1. The van der Waals surface area contributed by atoms with Crippen LogP contribution in [0.2, 0.25) is 0 Å². The normalized spacial score (nSPS) is 16.0. The molecule has 1 aliphatic heterocycles. The first-order valence-electron chi connectivity index (χ1n) is 8.69. The molecule has 3 aromatic rings. The quantitative estimate of drug-likeness (QED) is 0.732. The van der Waals surface area contributed by atoms with Crippen molar-refractivity contribution in [1.82, 2.24) is 4.98 Å². The van der Waals surface area contributed by atoms with Crippen LogP contribution in [0.4, 0.5) is 11.5 Å². The molecule has 2 N–H and O–H groups in total. The molecule has 0 spiro atoms. The number of nitrogens with two attached hydrogens (primary N) is 1. The molecule has 0 saturated carbocycles. The van der Waals surface area contributed by atoms with Gasteiger partial charge in [0, 0.05) is 30.2 Å². The highest BCUT2D eigenvalue weighted by atomic mass is 32.2. The van der Waals surface area contributed by atoms with Crippen molar-refractivity contribution in [1.29, 1.82) is 0 Å². The van der Waals surface area contributed by atoms with Crippen LogP contribution in [0.5, 0.6) is 5.75 Å². The minimum absolute atomic E-state index is 0.0146. The molecule has 1 aromatic heterocycles. The molecule has 0 unspecified atom stereocenters. The first kappa shape index (κ1) is 17.6. The number of fused-ring (bicyclic) bond motifs is 2. The lowest BCUT2D eigenvalue weighted by Gasteiger charge is -2.22. The smallest absolute Gasteiger partial charge is 0.180 e. The Hall–Kier alpha value is -2.80. The highest BCUT2D eigenvalue weighted by Crippen LogP contribution is 2.31. The Morgan fingerprint density at radius 1 is 1.15 bits per heavy atom. The number of anilines is 2. The lowest BCUT2D eigenvalue weighted by Crippen LogP contribution is -2.26. The lowest BCUT2D eigenvalue weighted by molar-refractivity contribution is 0.413. The van der Waals surface area contributed by atoms with Gasteiger partial charge in [0.05, 0.1) is 23.3 Å². The summed E-state index contributed by atoms with van der Waals surface area (Å²) in [6.45, 7) is 2.81. The van der Waals surface area contributed by atoms with E-state index in [-0.39, 0.29) is 5.75 Å². The van der Waals surface area contributed by atoms with Crippen molar-refractivity contribution in [2.45, 2.75) is 18.4 Å². The van der Waals surface area contributed by atoms with Gasteiger partial charge in [-0.05, 0) is 36.8 Å². The van der Waals surface area contributed by atoms with Crippen molar-refractivity contribution in [3.63, 3.8) is 0 Å². The molecule has 7 heteroatoms. The summed E-state index contributed by atoms with van der Waals surface area (Å²) >= 11 is 0. The molecule has 0 bridgehead atoms. The molecular formula is C20H21N3O3S. The maximum atomic E-state index is 12.7. The molecule has 1 aliphatic rings. The van der Waals surface area contributed by atoms with E-state index in [9.17, 15) is 8.42 Å². The molecule has 27 heavy (non-hydrogen) atoms. The third kappa shape index (κ3) is 3.19. The van der Waals surface area contributed by atoms with Gasteiger partial charge in [0.15, 0.2) is 9.84 Å². The third-order valence-corrected chi connectivity index (χ3v) is 6.68. The monoisotopic (exact) mass is 383 g/mol. The Morgan fingerprint density at radius 2 is 1.96 bits per heavy atom. The Kier molecular flexibility index (Phi) is 4.19. The van der Waals surface area contributed by atoms with Crippen molar-refractivity contribution in [2.24, 2.45) is 0 Å². The predicted octanol–water partition coefficient (Wildman–Crippen LogP) is 2.93. The van der Waals surface area contributed by atoms with Gasteiger partial charge in [-0.2, -0.15) is 0 Å². The number of methoxy groups -OCH3 is 1. The SMILES string of the molecule is COc1ccc2c(c1)S(=O)(=O)CCN(c1cc(N)c3cc(C)ccc3n1)C2. The van der Waals surface area contributed by atoms with E-state index in [0.717, 1.165) is 22.0 Å². The van der Waals surface area contributed by atoms with Crippen LogP contribution in [0.25, 0.3) is 10.9 Å². The van der Waals surface area contributed by atoms with Crippen LogP contribution < -0.4 is 15.4 Å². The largest absolute Gasteiger partial charge is 0.497 e. The molecule has 140 valence electrons. The average molecular weight is 383 g/mol. The van der Waals surface area contributed by atoms with E-state index in [1.165, 1.54) is 7.11 Å². The molecule has 4 rings (SSSR count). The molecule has 6 nitrogen and oxygen atoms in total. The minimum Gasteiger partial charge on any atom is -0.497 e. The van der Waals surface area contributed by atoms with Crippen LogP contribution in [0.1, 0.15) is 11.1 Å². The number of aryl methyl sites for hydroxylation is 1. The Bertz CT molecular complexity index is 1140. The minimum atomic E-state index is -3.39. The highest BCUT2D eigenvalue weighted by molar-refractivity contribution is 7.91. The van der Waals surface area contributed by atoms with Gasteiger partial charge in [0.25, 0.3) is 0 Å². The second-order valence-electron chi connectivity index (χ2n) is 6.80. The summed E-state index contributed by atoms with van der Waals surface area (Å²) < 4.78 is 30.6. The zero-order chi connectivity index (χ0) is 19.2. The number of rotatable bonds is 2. The Balaban J connectivity index is 1.79. The van der Waals surface area contributed by atoms with E-state index in [2.05, 4.69) is 0 Å². The van der Waals surface area contributed by atoms with E-state index in [4.69, 9.17) is 15.5 Å². The zero-order valence-electron chi connectivity index (χ0n) is 15.3. The molecule has 0 fully saturated rings. The van der Waals surface area contributed by atoms with Gasteiger partial charge < -0.3 is 15.4 Å². The highest BCUT2D eigenvalue weighted by Gasteiger charge is 2.27. The molecule has 0 atom stereocenters. The molecule has 0 amide bonds. The maximum absolute atomic E-state index is 12.7. The molecule has 2 heterocycles. The van der Waals surface area contributed by atoms with Crippen molar-refractivity contribution in [3.05, 3.63) is 53.6 Å². The van der Waals surface area contributed by atoms with Gasteiger partial charge in [-0.25, -0.2) is 13.4 Å². The topological polar surface area (TPSA) is 85.5 Å². The van der Waals surface area contributed by atoms with E-state index in [1.54, 1.807) is 18.2 Å². The van der Waals surface area contributed by atoms with Crippen LogP contribution in [0, 0.1) is 6.92 Å². The number of ether oxygens (including phenoxy) is 1. The van der Waals surface area contributed by atoms with Crippen LogP contribution in [0.15, 0.2) is 47.4 Å². The number of benzene rings is 2. The van der Waals surface area contributed by atoms with E-state index < -0.39 is 9.84 Å². The van der Waals surface area contributed by atoms with Gasteiger partial charge >= 0.3 is 0 Å². The van der Waals surface area contributed by atoms with Gasteiger partial charge in [0.2, 0.25) is 0 Å². The van der Waals surface area contributed by atoms with Crippen LogP contribution in [-0.2, 0) is 16.4 Å². The molecule has 2 aromatic carbocycles. The fourth-order valence-electron chi connectivity index (χ4n) is 3.42. The number of nitrogen functional groups attached to an aromatic ring is 1. The number of hydrogen-bond acceptors (Lipinski definition) is 6. The number of pyridine rings is 1. The fourth-order valence-corrected chi connectivity index (χ4v) is 4.92. The summed E-state index contributed by atoms with van der Waals surface area (Å²) in [6.07, 6.45) is 0. The second-order valence-corrected chi connectivity index (χ2v) is 8.88. The van der Waals surface area contributed by atoms with Gasteiger partial charge in [0.1, 0.15) is 11.6 Å². The van der Waals surface area contributed by atoms with Gasteiger partial charge in [-0.1, -0.05) is 17.7 Å². The predicted molar refractivity (Wildman–Crippen MR) is 107 cm³/mol. The number of nitrogens with zero attached hydrogens (tertiary/aromatic N) is 2. The Morgan fingerprint density at radius 3 is 2.74 bits per heavy atom. The number of aromatic nitrogens is 1. The molecular weight excluding hydrogens is 362 g/mol. The van der Waals surface area contributed by atoms with Gasteiger partial charge in [-0.15, -0.1) is 0 Å². The molecule has 0 saturated heterocycles. The molecule has 0 radical (unpaired) electrons. The average Bonchev–Trinajstić information content (AvgIpc) is 2.78. The van der Waals surface area contributed by atoms with E-state index in [1.807, 2.05) is 36.1 Å². The van der Waals surface area contributed by atoms with E-state index in [0.29, 0.717) is 35.2 Å². The van der Waals surface area contributed by atoms with Crippen molar-refractivity contribution in [3.8, 4) is 5.75 Å². The molecule has 0 aliphatic carbocycles. The summed E-state index contributed by atoms with van der Waals surface area (Å²) in [6, 6.07) is 12.9. The number of sulfone groups is 1. The van der Waals surface area contributed by atoms with Crippen molar-refractivity contribution >= 4 is 32.2 Å². The van der Waals surface area contributed by atoms with E-state index >= 15 is 0 Å². The van der Waals surface area contributed by atoms with Crippen LogP contribution in [-0.4, -0.2) is 32.8 Å². The van der Waals surface area contributed by atoms with Gasteiger partial charge in [-0.3, -0.25) is 0 Å². The summed E-state index contributed by atoms with van der Waals surface area (Å²) in [5.74, 6) is 1.23. The zero-order valence-corrected chi connectivity index (χ0v) is 16.1. The Labute approximate surface area is 158 Å². The van der Waals surface area contributed by atoms with Crippen LogP contribution >= 0.6 is 0 Å².